The molecule has 0 bridgehead atoms. The van der Waals surface area contributed by atoms with Crippen LogP contribution in [-0.4, -0.2) is 13.4 Å². The molecule has 4 rings (SSSR count). The Morgan fingerprint density at radius 2 is 1.58 bits per heavy atom. The molecule has 4 nitrogen and oxygen atoms in total. The van der Waals surface area contributed by atoms with E-state index < -0.39 is 10.0 Å². The molecule has 0 radical (unpaired) electrons. The first-order valence-electron chi connectivity index (χ1n) is 7.98. The van der Waals surface area contributed by atoms with Gasteiger partial charge < -0.3 is 4.98 Å². The van der Waals surface area contributed by atoms with E-state index in [1.165, 1.54) is 12.1 Å². The molecule has 0 aliphatic carbocycles. The number of H-pyrrole nitrogens is 1. The summed E-state index contributed by atoms with van der Waals surface area (Å²) in [6.07, 6.45) is 0. The summed E-state index contributed by atoms with van der Waals surface area (Å²) < 4.78 is 40.6. The van der Waals surface area contributed by atoms with Crippen LogP contribution in [0.4, 0.5) is 10.1 Å². The molecule has 1 aromatic heterocycles. The fraction of sp³-hybridized carbons (Fsp3) is 0. The molecule has 6 heteroatoms. The molecule has 0 aliphatic rings. The molecule has 0 spiro atoms. The van der Waals surface area contributed by atoms with Gasteiger partial charge in [-0.15, -0.1) is 0 Å². The summed E-state index contributed by atoms with van der Waals surface area (Å²) in [5, 5.41) is 0.786. The fourth-order valence-corrected chi connectivity index (χ4v) is 3.87. The van der Waals surface area contributed by atoms with Gasteiger partial charge in [0.05, 0.1) is 4.90 Å². The van der Waals surface area contributed by atoms with Gasteiger partial charge in [-0.2, -0.15) is 0 Å². The highest BCUT2D eigenvalue weighted by atomic mass is 32.2. The predicted octanol–water partition coefficient (Wildman–Crippen LogP) is 4.77. The number of hydrogen-bond acceptors (Lipinski definition) is 2. The van der Waals surface area contributed by atoms with Gasteiger partial charge in [-0.05, 0) is 54.1 Å². The van der Waals surface area contributed by atoms with Gasteiger partial charge in [0.25, 0.3) is 10.0 Å². The molecule has 0 amide bonds. The van der Waals surface area contributed by atoms with Crippen molar-refractivity contribution in [3.8, 4) is 11.3 Å². The molecule has 4 aromatic rings. The van der Waals surface area contributed by atoms with E-state index in [4.69, 9.17) is 0 Å². The lowest BCUT2D eigenvalue weighted by Gasteiger charge is -2.08. The number of aromatic amines is 1. The number of sulfonamides is 1. The average Bonchev–Trinajstić information content (AvgIpc) is 3.06. The van der Waals surface area contributed by atoms with Crippen LogP contribution >= 0.6 is 0 Å². The molecular formula is C20H15FN2O2S. The highest BCUT2D eigenvalue weighted by Gasteiger charge is 2.13. The molecule has 0 unspecified atom stereocenters. The highest BCUT2D eigenvalue weighted by Crippen LogP contribution is 2.26. The molecule has 0 aliphatic heterocycles. The summed E-state index contributed by atoms with van der Waals surface area (Å²) in [6, 6.07) is 21.6. The van der Waals surface area contributed by atoms with Crippen LogP contribution in [0, 0.1) is 5.82 Å². The predicted molar refractivity (Wildman–Crippen MR) is 101 cm³/mol. The second-order valence-corrected chi connectivity index (χ2v) is 7.59. The Morgan fingerprint density at radius 1 is 0.846 bits per heavy atom. The second kappa shape index (κ2) is 6.31. The van der Waals surface area contributed by atoms with E-state index >= 15 is 0 Å². The van der Waals surface area contributed by atoms with Gasteiger partial charge in [0.15, 0.2) is 0 Å². The maximum Gasteiger partial charge on any atom is 0.261 e. The lowest BCUT2D eigenvalue weighted by atomic mass is 10.1. The van der Waals surface area contributed by atoms with Gasteiger partial charge >= 0.3 is 0 Å². The Kier molecular flexibility index (Phi) is 3.97. The van der Waals surface area contributed by atoms with E-state index in [9.17, 15) is 12.8 Å². The van der Waals surface area contributed by atoms with Crippen LogP contribution < -0.4 is 4.72 Å². The highest BCUT2D eigenvalue weighted by molar-refractivity contribution is 7.92. The van der Waals surface area contributed by atoms with Crippen LogP contribution in [0.1, 0.15) is 0 Å². The topological polar surface area (TPSA) is 62.0 Å². The maximum atomic E-state index is 13.3. The number of halogens is 1. The zero-order valence-corrected chi connectivity index (χ0v) is 14.4. The number of anilines is 1. The Bertz CT molecular complexity index is 1170. The van der Waals surface area contributed by atoms with Crippen molar-refractivity contribution >= 4 is 26.6 Å². The number of fused-ring (bicyclic) bond motifs is 1. The minimum Gasteiger partial charge on any atom is -0.355 e. The van der Waals surface area contributed by atoms with Crippen molar-refractivity contribution in [1.29, 1.82) is 0 Å². The third-order valence-electron chi connectivity index (χ3n) is 4.08. The number of nitrogens with one attached hydrogen (secondary N) is 2. The molecule has 0 saturated heterocycles. The van der Waals surface area contributed by atoms with Crippen LogP contribution in [0.2, 0.25) is 0 Å². The summed E-state index contributed by atoms with van der Waals surface area (Å²) in [7, 11) is -3.62. The zero-order valence-electron chi connectivity index (χ0n) is 13.6. The standard InChI is InChI=1S/C20H15FN2O2S/c21-16-8-11-19-15(12-16)13-20(22-19)14-6-9-17(10-7-14)23-26(24,25)18-4-2-1-3-5-18/h1-13,22-23H. The summed E-state index contributed by atoms with van der Waals surface area (Å²) in [6.45, 7) is 0. The quantitative estimate of drug-likeness (QED) is 0.546. The van der Waals surface area contributed by atoms with E-state index in [0.717, 1.165) is 22.2 Å². The monoisotopic (exact) mass is 366 g/mol. The van der Waals surface area contributed by atoms with Crippen molar-refractivity contribution in [3.05, 3.63) is 84.7 Å². The normalized spacial score (nSPS) is 11.6. The number of rotatable bonds is 4. The molecule has 0 atom stereocenters. The van der Waals surface area contributed by atoms with Gasteiger partial charge in [-0.1, -0.05) is 30.3 Å². The summed E-state index contributed by atoms with van der Waals surface area (Å²) in [4.78, 5) is 3.44. The first-order valence-corrected chi connectivity index (χ1v) is 9.46. The minimum atomic E-state index is -3.62. The first-order chi connectivity index (χ1) is 12.5. The van der Waals surface area contributed by atoms with E-state index in [1.807, 2.05) is 18.2 Å². The Balaban J connectivity index is 1.60. The lowest BCUT2D eigenvalue weighted by molar-refractivity contribution is 0.601. The average molecular weight is 366 g/mol. The lowest BCUT2D eigenvalue weighted by Crippen LogP contribution is -2.12. The van der Waals surface area contributed by atoms with Crippen LogP contribution in [0.3, 0.4) is 0 Å². The van der Waals surface area contributed by atoms with E-state index in [-0.39, 0.29) is 10.7 Å². The fourth-order valence-electron chi connectivity index (χ4n) is 2.79. The largest absolute Gasteiger partial charge is 0.355 e. The van der Waals surface area contributed by atoms with Gasteiger partial charge in [0.2, 0.25) is 0 Å². The molecule has 3 aromatic carbocycles. The summed E-state index contributed by atoms with van der Waals surface area (Å²) >= 11 is 0. The smallest absolute Gasteiger partial charge is 0.261 e. The van der Waals surface area contributed by atoms with Crippen molar-refractivity contribution in [1.82, 2.24) is 4.98 Å². The van der Waals surface area contributed by atoms with Gasteiger partial charge in [0.1, 0.15) is 5.82 Å². The van der Waals surface area contributed by atoms with Gasteiger partial charge in [-0.25, -0.2) is 12.8 Å². The van der Waals surface area contributed by atoms with Gasteiger partial charge in [0, 0.05) is 22.3 Å². The molecule has 2 N–H and O–H groups in total. The van der Waals surface area contributed by atoms with Crippen molar-refractivity contribution < 1.29 is 12.8 Å². The van der Waals surface area contributed by atoms with E-state index in [2.05, 4.69) is 9.71 Å². The van der Waals surface area contributed by atoms with Gasteiger partial charge in [-0.3, -0.25) is 4.72 Å². The van der Waals surface area contributed by atoms with Crippen molar-refractivity contribution in [2.75, 3.05) is 4.72 Å². The summed E-state index contributed by atoms with van der Waals surface area (Å²) in [5.74, 6) is -0.284. The summed E-state index contributed by atoms with van der Waals surface area (Å²) in [5.41, 5.74) is 3.03. The van der Waals surface area contributed by atoms with Crippen LogP contribution in [0.15, 0.2) is 83.8 Å². The third-order valence-corrected chi connectivity index (χ3v) is 5.48. The van der Waals surface area contributed by atoms with Crippen molar-refractivity contribution in [2.45, 2.75) is 4.90 Å². The third kappa shape index (κ3) is 3.19. The number of aromatic nitrogens is 1. The Labute approximate surface area is 150 Å². The molecule has 130 valence electrons. The van der Waals surface area contributed by atoms with Crippen LogP contribution in [0.25, 0.3) is 22.2 Å². The van der Waals surface area contributed by atoms with Crippen LogP contribution in [0.5, 0.6) is 0 Å². The number of benzene rings is 3. The van der Waals surface area contributed by atoms with E-state index in [0.29, 0.717) is 5.69 Å². The first kappa shape index (κ1) is 16.4. The SMILES string of the molecule is O=S(=O)(Nc1ccc(-c2cc3cc(F)ccc3[nH]2)cc1)c1ccccc1. The molecule has 0 fully saturated rings. The van der Waals surface area contributed by atoms with Crippen molar-refractivity contribution in [2.24, 2.45) is 0 Å². The Morgan fingerprint density at radius 3 is 2.31 bits per heavy atom. The molecule has 0 saturated carbocycles. The minimum absolute atomic E-state index is 0.210. The molecule has 1 heterocycles. The van der Waals surface area contributed by atoms with Crippen molar-refractivity contribution in [3.63, 3.8) is 0 Å². The zero-order chi connectivity index (χ0) is 18.1. The van der Waals surface area contributed by atoms with Crippen LogP contribution in [-0.2, 0) is 10.0 Å². The number of hydrogen-bond donors (Lipinski definition) is 2. The Hall–Kier alpha value is -3.12. The molecular weight excluding hydrogens is 351 g/mol. The van der Waals surface area contributed by atoms with E-state index in [1.54, 1.807) is 48.5 Å². The second-order valence-electron chi connectivity index (χ2n) is 5.91. The maximum absolute atomic E-state index is 13.3. The molecule has 26 heavy (non-hydrogen) atoms.